The fourth-order valence-electron chi connectivity index (χ4n) is 3.30. The maximum Gasteiger partial charge on any atom is 0.204 e. The lowest BCUT2D eigenvalue weighted by atomic mass is 9.78. The highest BCUT2D eigenvalue weighted by molar-refractivity contribution is 9.10. The van der Waals surface area contributed by atoms with E-state index in [-0.39, 0.29) is 5.41 Å². The van der Waals surface area contributed by atoms with Gasteiger partial charge in [0.15, 0.2) is 0 Å². The first kappa shape index (κ1) is 18.0. The van der Waals surface area contributed by atoms with Crippen LogP contribution in [0.3, 0.4) is 0 Å². The van der Waals surface area contributed by atoms with Gasteiger partial charge in [0.25, 0.3) is 0 Å². The lowest BCUT2D eigenvalue weighted by Gasteiger charge is -2.29. The standard InChI is InChI=1S/C22H23BrOSi/c1-22(2,3)20-19(16-12-8-5-9-13-16)17(14-18(23)21(20)24-25)15-10-6-4-7-11-15/h4-14H,1-3,25H3. The van der Waals surface area contributed by atoms with Gasteiger partial charge in [0, 0.05) is 5.56 Å². The molecule has 0 bridgehead atoms. The molecule has 0 amide bonds. The van der Waals surface area contributed by atoms with Gasteiger partial charge in [-0.15, -0.1) is 0 Å². The average molecular weight is 411 g/mol. The lowest BCUT2D eigenvalue weighted by Crippen LogP contribution is -2.16. The highest BCUT2D eigenvalue weighted by Crippen LogP contribution is 2.48. The summed E-state index contributed by atoms with van der Waals surface area (Å²) in [5, 5.41) is 0. The Kier molecular flexibility index (Phi) is 5.16. The molecule has 3 aromatic rings. The zero-order chi connectivity index (χ0) is 18.0. The molecule has 3 heteroatoms. The summed E-state index contributed by atoms with van der Waals surface area (Å²) < 4.78 is 6.97. The largest absolute Gasteiger partial charge is 0.552 e. The van der Waals surface area contributed by atoms with Crippen LogP contribution in [0, 0.1) is 0 Å². The van der Waals surface area contributed by atoms with E-state index in [1.807, 2.05) is 0 Å². The average Bonchev–Trinajstić information content (AvgIpc) is 2.61. The van der Waals surface area contributed by atoms with E-state index in [9.17, 15) is 0 Å². The van der Waals surface area contributed by atoms with Crippen LogP contribution in [0.15, 0.2) is 71.2 Å². The maximum atomic E-state index is 5.95. The van der Waals surface area contributed by atoms with Crippen molar-refractivity contribution in [2.75, 3.05) is 0 Å². The van der Waals surface area contributed by atoms with Crippen LogP contribution in [0.1, 0.15) is 26.3 Å². The molecule has 0 unspecified atom stereocenters. The first-order valence-corrected chi connectivity index (χ1v) is 10.1. The van der Waals surface area contributed by atoms with Gasteiger partial charge in [-0.1, -0.05) is 81.4 Å². The van der Waals surface area contributed by atoms with Crippen molar-refractivity contribution in [2.24, 2.45) is 0 Å². The Labute approximate surface area is 161 Å². The summed E-state index contributed by atoms with van der Waals surface area (Å²) >= 11 is 3.75. The van der Waals surface area contributed by atoms with Crippen molar-refractivity contribution < 1.29 is 4.43 Å². The van der Waals surface area contributed by atoms with Crippen LogP contribution in [0.25, 0.3) is 22.3 Å². The van der Waals surface area contributed by atoms with Crippen molar-refractivity contribution in [3.8, 4) is 28.0 Å². The molecule has 1 nitrogen and oxygen atoms in total. The normalized spacial score (nSPS) is 11.5. The van der Waals surface area contributed by atoms with Crippen LogP contribution in [0.4, 0.5) is 0 Å². The molecule has 0 spiro atoms. The number of rotatable bonds is 3. The summed E-state index contributed by atoms with van der Waals surface area (Å²) in [5.74, 6) is 0.970. The minimum absolute atomic E-state index is 0.0434. The van der Waals surface area contributed by atoms with Crippen LogP contribution in [0.2, 0.25) is 0 Å². The molecule has 0 aliphatic carbocycles. The Hall–Kier alpha value is -1.84. The zero-order valence-corrected chi connectivity index (χ0v) is 18.7. The van der Waals surface area contributed by atoms with Crippen molar-refractivity contribution in [1.82, 2.24) is 0 Å². The summed E-state index contributed by atoms with van der Waals surface area (Å²) in [4.78, 5) is 0. The molecule has 0 aliphatic heterocycles. The minimum Gasteiger partial charge on any atom is -0.552 e. The van der Waals surface area contributed by atoms with E-state index in [0.29, 0.717) is 10.5 Å². The van der Waals surface area contributed by atoms with Crippen molar-refractivity contribution in [3.63, 3.8) is 0 Å². The molecule has 25 heavy (non-hydrogen) atoms. The van der Waals surface area contributed by atoms with Gasteiger partial charge in [-0.3, -0.25) is 0 Å². The van der Waals surface area contributed by atoms with Crippen molar-refractivity contribution in [3.05, 3.63) is 76.8 Å². The van der Waals surface area contributed by atoms with E-state index in [2.05, 4.69) is 103 Å². The minimum atomic E-state index is -0.0434. The van der Waals surface area contributed by atoms with Crippen molar-refractivity contribution >= 4 is 26.4 Å². The molecular formula is C22H23BrOSi. The van der Waals surface area contributed by atoms with Crippen LogP contribution < -0.4 is 4.43 Å². The van der Waals surface area contributed by atoms with Gasteiger partial charge >= 0.3 is 0 Å². The van der Waals surface area contributed by atoms with Crippen LogP contribution in [-0.4, -0.2) is 10.5 Å². The Morgan fingerprint density at radius 3 is 1.84 bits per heavy atom. The maximum absolute atomic E-state index is 5.95. The Morgan fingerprint density at radius 2 is 1.36 bits per heavy atom. The summed E-state index contributed by atoms with van der Waals surface area (Å²) in [6.07, 6.45) is 0. The Bertz CT molecular complexity index is 868. The van der Waals surface area contributed by atoms with E-state index in [4.69, 9.17) is 4.43 Å². The van der Waals surface area contributed by atoms with Crippen molar-refractivity contribution in [1.29, 1.82) is 0 Å². The number of hydrogen-bond acceptors (Lipinski definition) is 1. The molecule has 3 rings (SSSR count). The van der Waals surface area contributed by atoms with Gasteiger partial charge in [-0.2, -0.15) is 0 Å². The third-order valence-corrected chi connectivity index (χ3v) is 5.33. The fraction of sp³-hybridized carbons (Fsp3) is 0.182. The predicted octanol–water partition coefficient (Wildman–Crippen LogP) is 5.74. The van der Waals surface area contributed by atoms with E-state index < -0.39 is 0 Å². The second kappa shape index (κ2) is 7.18. The van der Waals surface area contributed by atoms with Crippen LogP contribution in [0.5, 0.6) is 5.75 Å². The summed E-state index contributed by atoms with van der Waals surface area (Å²) in [5.41, 5.74) is 6.13. The molecule has 0 aromatic heterocycles. The molecule has 0 fully saturated rings. The van der Waals surface area contributed by atoms with E-state index >= 15 is 0 Å². The molecule has 0 saturated carbocycles. The molecule has 128 valence electrons. The summed E-state index contributed by atoms with van der Waals surface area (Å²) in [6.45, 7) is 6.75. The second-order valence-electron chi connectivity index (χ2n) is 7.17. The van der Waals surface area contributed by atoms with Crippen LogP contribution >= 0.6 is 15.9 Å². The Balaban J connectivity index is 2.46. The molecule has 0 N–H and O–H groups in total. The Morgan fingerprint density at radius 1 is 0.840 bits per heavy atom. The van der Waals surface area contributed by atoms with Crippen molar-refractivity contribution in [2.45, 2.75) is 26.2 Å². The molecule has 0 saturated heterocycles. The van der Waals surface area contributed by atoms with E-state index in [1.54, 1.807) is 0 Å². The smallest absolute Gasteiger partial charge is 0.204 e. The molecular weight excluding hydrogens is 388 g/mol. The first-order chi connectivity index (χ1) is 11.9. The lowest BCUT2D eigenvalue weighted by molar-refractivity contribution is 0.535. The summed E-state index contributed by atoms with van der Waals surface area (Å²) in [6, 6.07) is 23.4. The van der Waals surface area contributed by atoms with E-state index in [1.165, 1.54) is 27.8 Å². The number of benzene rings is 3. The quantitative estimate of drug-likeness (QED) is 0.500. The van der Waals surface area contributed by atoms with Gasteiger partial charge < -0.3 is 4.43 Å². The highest BCUT2D eigenvalue weighted by Gasteiger charge is 2.28. The monoisotopic (exact) mass is 410 g/mol. The van der Waals surface area contributed by atoms with E-state index in [0.717, 1.165) is 10.2 Å². The fourth-order valence-corrected chi connectivity index (χ4v) is 4.61. The zero-order valence-electron chi connectivity index (χ0n) is 15.1. The van der Waals surface area contributed by atoms with Gasteiger partial charge in [0.1, 0.15) is 5.75 Å². The molecule has 0 aliphatic rings. The van der Waals surface area contributed by atoms with Gasteiger partial charge in [-0.25, -0.2) is 0 Å². The molecule has 3 aromatic carbocycles. The molecule has 0 heterocycles. The molecule has 0 radical (unpaired) electrons. The highest BCUT2D eigenvalue weighted by atomic mass is 79.9. The third kappa shape index (κ3) is 3.58. The second-order valence-corrected chi connectivity index (χ2v) is 8.43. The van der Waals surface area contributed by atoms with Gasteiger partial charge in [0.05, 0.1) is 4.47 Å². The van der Waals surface area contributed by atoms with Gasteiger partial charge in [0.2, 0.25) is 10.5 Å². The van der Waals surface area contributed by atoms with Crippen LogP contribution in [-0.2, 0) is 5.41 Å². The number of halogens is 1. The predicted molar refractivity (Wildman–Crippen MR) is 114 cm³/mol. The topological polar surface area (TPSA) is 9.23 Å². The van der Waals surface area contributed by atoms with Gasteiger partial charge in [-0.05, 0) is 49.7 Å². The molecule has 0 atom stereocenters. The third-order valence-electron chi connectivity index (χ3n) is 4.34. The SMILES string of the molecule is CC(C)(C)c1c(O[SiH3])c(Br)cc(-c2ccccc2)c1-c1ccccc1. The first-order valence-electron chi connectivity index (χ1n) is 8.45. The number of hydrogen-bond donors (Lipinski definition) is 0. The summed E-state index contributed by atoms with van der Waals surface area (Å²) in [7, 11) is 0.656.